The van der Waals surface area contributed by atoms with Gasteiger partial charge >= 0.3 is 6.09 Å². The average Bonchev–Trinajstić information content (AvgIpc) is 2.60. The highest BCUT2D eigenvalue weighted by atomic mass is 16.6. The van der Waals surface area contributed by atoms with Gasteiger partial charge < -0.3 is 24.4 Å². The standard InChI is InChI=1S/C19H28N2O5/c1-19(2,3)26-18(23)21-10-6-7-13(12-21)17(22)20-15-11-14(24-4)8-9-16(15)25-5/h8-9,11,13H,6-7,10,12H2,1-5H3,(H,20,22). The average molecular weight is 364 g/mol. The van der Waals surface area contributed by atoms with E-state index in [1.54, 1.807) is 37.3 Å². The summed E-state index contributed by atoms with van der Waals surface area (Å²) in [6, 6.07) is 5.22. The van der Waals surface area contributed by atoms with Gasteiger partial charge in [0.15, 0.2) is 0 Å². The number of carbonyl (C=O) groups excluding carboxylic acids is 2. The second-order valence-corrected chi connectivity index (χ2v) is 7.32. The number of methoxy groups -OCH3 is 2. The molecule has 7 heteroatoms. The maximum atomic E-state index is 12.7. The van der Waals surface area contributed by atoms with Gasteiger partial charge in [-0.15, -0.1) is 0 Å². The zero-order valence-electron chi connectivity index (χ0n) is 16.1. The first kappa shape index (κ1) is 19.9. The lowest BCUT2D eigenvalue weighted by Crippen LogP contribution is -2.45. The molecule has 1 N–H and O–H groups in total. The molecule has 1 aliphatic heterocycles. The van der Waals surface area contributed by atoms with E-state index in [2.05, 4.69) is 5.32 Å². The Morgan fingerprint density at radius 2 is 1.92 bits per heavy atom. The van der Waals surface area contributed by atoms with Crippen molar-refractivity contribution in [3.8, 4) is 11.5 Å². The van der Waals surface area contributed by atoms with E-state index < -0.39 is 5.60 Å². The molecule has 2 amide bonds. The van der Waals surface area contributed by atoms with Gasteiger partial charge in [0.2, 0.25) is 5.91 Å². The lowest BCUT2D eigenvalue weighted by atomic mass is 9.97. The minimum Gasteiger partial charge on any atom is -0.497 e. The van der Waals surface area contributed by atoms with Crippen LogP contribution in [0.4, 0.5) is 10.5 Å². The maximum Gasteiger partial charge on any atom is 0.410 e. The van der Waals surface area contributed by atoms with Gasteiger partial charge in [0.25, 0.3) is 0 Å². The molecule has 1 heterocycles. The van der Waals surface area contributed by atoms with Gasteiger partial charge in [-0.2, -0.15) is 0 Å². The molecule has 1 atom stereocenters. The molecule has 1 aromatic carbocycles. The zero-order valence-corrected chi connectivity index (χ0v) is 16.1. The van der Waals surface area contributed by atoms with Gasteiger partial charge in [0.05, 0.1) is 25.8 Å². The summed E-state index contributed by atoms with van der Waals surface area (Å²) in [6.07, 6.45) is 1.10. The zero-order chi connectivity index (χ0) is 19.3. The molecular formula is C19H28N2O5. The Morgan fingerprint density at radius 3 is 2.54 bits per heavy atom. The summed E-state index contributed by atoms with van der Waals surface area (Å²) in [5.41, 5.74) is -0.00787. The fraction of sp³-hybridized carbons (Fsp3) is 0.579. The van der Waals surface area contributed by atoms with Crippen LogP contribution < -0.4 is 14.8 Å². The highest BCUT2D eigenvalue weighted by Crippen LogP contribution is 2.30. The molecule has 1 saturated heterocycles. The molecule has 1 fully saturated rings. The summed E-state index contributed by atoms with van der Waals surface area (Å²) in [4.78, 5) is 26.6. The summed E-state index contributed by atoms with van der Waals surface area (Å²) in [6.45, 7) is 6.42. The van der Waals surface area contributed by atoms with Crippen LogP contribution in [0.2, 0.25) is 0 Å². The van der Waals surface area contributed by atoms with Gasteiger partial charge in [-0.3, -0.25) is 4.79 Å². The van der Waals surface area contributed by atoms with Crippen LogP contribution in [-0.2, 0) is 9.53 Å². The van der Waals surface area contributed by atoms with Crippen molar-refractivity contribution < 1.29 is 23.8 Å². The number of nitrogens with one attached hydrogen (secondary N) is 1. The van der Waals surface area contributed by atoms with E-state index in [9.17, 15) is 9.59 Å². The van der Waals surface area contributed by atoms with Crippen LogP contribution in [0.5, 0.6) is 11.5 Å². The van der Waals surface area contributed by atoms with Gasteiger partial charge in [-0.05, 0) is 45.7 Å². The Kier molecular flexibility index (Phi) is 6.34. The predicted molar refractivity (Wildman–Crippen MR) is 98.7 cm³/mol. The van der Waals surface area contributed by atoms with Crippen LogP contribution in [0.25, 0.3) is 0 Å². The summed E-state index contributed by atoms with van der Waals surface area (Å²) < 4.78 is 15.9. The lowest BCUT2D eigenvalue weighted by molar-refractivity contribution is -0.121. The number of rotatable bonds is 4. The number of carbonyl (C=O) groups is 2. The molecule has 2 rings (SSSR count). The molecule has 1 aromatic rings. The van der Waals surface area contributed by atoms with Crippen LogP contribution in [0, 0.1) is 5.92 Å². The maximum absolute atomic E-state index is 12.7. The minimum atomic E-state index is -0.555. The number of benzene rings is 1. The van der Waals surface area contributed by atoms with Crippen LogP contribution in [0.1, 0.15) is 33.6 Å². The van der Waals surface area contributed by atoms with Crippen molar-refractivity contribution >= 4 is 17.7 Å². The third-order valence-corrected chi connectivity index (χ3v) is 4.11. The number of amides is 2. The van der Waals surface area contributed by atoms with E-state index in [0.717, 1.165) is 12.8 Å². The highest BCUT2D eigenvalue weighted by Gasteiger charge is 2.31. The van der Waals surface area contributed by atoms with Gasteiger partial charge in [0.1, 0.15) is 17.1 Å². The van der Waals surface area contributed by atoms with Gasteiger partial charge in [0, 0.05) is 19.2 Å². The monoisotopic (exact) mass is 364 g/mol. The first-order chi connectivity index (χ1) is 12.2. The third-order valence-electron chi connectivity index (χ3n) is 4.11. The molecule has 0 aromatic heterocycles. The molecule has 0 aliphatic carbocycles. The van der Waals surface area contributed by atoms with Crippen molar-refractivity contribution in [2.24, 2.45) is 5.92 Å². The molecule has 7 nitrogen and oxygen atoms in total. The molecule has 0 bridgehead atoms. The van der Waals surface area contributed by atoms with Crippen molar-refractivity contribution in [1.82, 2.24) is 4.90 Å². The number of anilines is 1. The second-order valence-electron chi connectivity index (χ2n) is 7.32. The molecule has 0 spiro atoms. The van der Waals surface area contributed by atoms with Gasteiger partial charge in [-0.25, -0.2) is 4.79 Å². The largest absolute Gasteiger partial charge is 0.497 e. The number of hydrogen-bond acceptors (Lipinski definition) is 5. The fourth-order valence-electron chi connectivity index (χ4n) is 2.83. The van der Waals surface area contributed by atoms with Crippen LogP contribution in [-0.4, -0.2) is 49.8 Å². The Balaban J connectivity index is 2.04. The van der Waals surface area contributed by atoms with E-state index in [-0.39, 0.29) is 17.9 Å². The minimum absolute atomic E-state index is 0.148. The van der Waals surface area contributed by atoms with Crippen molar-refractivity contribution in [1.29, 1.82) is 0 Å². The first-order valence-electron chi connectivity index (χ1n) is 8.74. The predicted octanol–water partition coefficient (Wildman–Crippen LogP) is 3.29. The Bertz CT molecular complexity index is 654. The van der Waals surface area contributed by atoms with E-state index in [1.807, 2.05) is 20.8 Å². The summed E-state index contributed by atoms with van der Waals surface area (Å²) in [7, 11) is 3.11. The SMILES string of the molecule is COc1ccc(OC)c(NC(=O)C2CCCN(C(=O)OC(C)(C)C)C2)c1. The Hall–Kier alpha value is -2.44. The number of hydrogen-bond donors (Lipinski definition) is 1. The first-order valence-corrected chi connectivity index (χ1v) is 8.74. The summed E-state index contributed by atoms with van der Waals surface area (Å²) >= 11 is 0. The molecule has 26 heavy (non-hydrogen) atoms. The van der Waals surface area contributed by atoms with E-state index in [4.69, 9.17) is 14.2 Å². The van der Waals surface area contributed by atoms with Crippen LogP contribution in [0.15, 0.2) is 18.2 Å². The smallest absolute Gasteiger partial charge is 0.410 e. The molecule has 144 valence electrons. The number of ether oxygens (including phenoxy) is 3. The van der Waals surface area contributed by atoms with Crippen molar-refractivity contribution in [3.63, 3.8) is 0 Å². The molecule has 0 radical (unpaired) electrons. The van der Waals surface area contributed by atoms with Gasteiger partial charge in [-0.1, -0.05) is 0 Å². The molecule has 1 aliphatic rings. The highest BCUT2D eigenvalue weighted by molar-refractivity contribution is 5.94. The van der Waals surface area contributed by atoms with Crippen molar-refractivity contribution in [2.45, 2.75) is 39.2 Å². The number of piperidine rings is 1. The Labute approximate surface area is 154 Å². The van der Waals surface area contributed by atoms with Crippen molar-refractivity contribution in [3.05, 3.63) is 18.2 Å². The fourth-order valence-corrected chi connectivity index (χ4v) is 2.83. The summed E-state index contributed by atoms with van der Waals surface area (Å²) in [5, 5.41) is 2.89. The second kappa shape index (κ2) is 8.29. The third kappa shape index (κ3) is 5.28. The quantitative estimate of drug-likeness (QED) is 0.887. The van der Waals surface area contributed by atoms with E-state index >= 15 is 0 Å². The number of likely N-dealkylation sites (tertiary alicyclic amines) is 1. The van der Waals surface area contributed by atoms with Crippen LogP contribution in [0.3, 0.4) is 0 Å². The molecular weight excluding hydrogens is 336 g/mol. The Morgan fingerprint density at radius 1 is 1.19 bits per heavy atom. The van der Waals surface area contributed by atoms with E-state index in [1.165, 1.54) is 0 Å². The van der Waals surface area contributed by atoms with Crippen LogP contribution >= 0.6 is 0 Å². The van der Waals surface area contributed by atoms with Crippen molar-refractivity contribution in [2.75, 3.05) is 32.6 Å². The molecule has 1 unspecified atom stereocenters. The number of nitrogens with zero attached hydrogens (tertiary/aromatic N) is 1. The normalized spacial score (nSPS) is 17.4. The summed E-state index contributed by atoms with van der Waals surface area (Å²) in [5.74, 6) is 0.732. The lowest BCUT2D eigenvalue weighted by Gasteiger charge is -2.33. The topological polar surface area (TPSA) is 77.1 Å². The van der Waals surface area contributed by atoms with E-state index in [0.29, 0.717) is 30.3 Å². The molecule has 0 saturated carbocycles.